The van der Waals surface area contributed by atoms with Crippen LogP contribution in [0.1, 0.15) is 0 Å². The van der Waals surface area contributed by atoms with Crippen LogP contribution >= 0.6 is 71.0 Å². The van der Waals surface area contributed by atoms with Crippen molar-refractivity contribution in [2.45, 2.75) is 0 Å². The predicted molar refractivity (Wildman–Crippen MR) is 203 cm³/mol. The molecule has 0 spiro atoms. The van der Waals surface area contributed by atoms with Gasteiger partial charge in [-0.15, -0.1) is 0 Å². The predicted octanol–water partition coefficient (Wildman–Crippen LogP) is 5.14. The Morgan fingerprint density at radius 1 is 0.549 bits per heavy atom. The van der Waals surface area contributed by atoms with Gasteiger partial charge in [0.25, 0.3) is 11.9 Å². The molecule has 260 valence electrons. The van der Waals surface area contributed by atoms with Crippen LogP contribution in [0.3, 0.4) is 0 Å². The molecule has 0 fully saturated rings. The van der Waals surface area contributed by atoms with Gasteiger partial charge in [-0.25, -0.2) is 23.7 Å². The lowest BCUT2D eigenvalue weighted by Crippen LogP contribution is -2.10. The number of rotatable bonds is 4. The van der Waals surface area contributed by atoms with E-state index in [9.17, 15) is 0 Å². The standard InChI is InChI=1S/2C10H8BrN7.C4H2BrCl2N3.C4H5N/c2*11-7-8(12)15-10(18-6-2-4-14-18)16-9(7)17-5-1-3-13-17;5-1-2(6)9-4(7)10-3(1)8;1-2-4-5-3-1/h2*1-6H,(H2,12,15,16);(H2,8,9,10);1-3H,4H2. The summed E-state index contributed by atoms with van der Waals surface area (Å²) in [4.78, 5) is 28.2. The zero-order valence-electron chi connectivity index (χ0n) is 25.7. The summed E-state index contributed by atoms with van der Waals surface area (Å²) in [7, 11) is 0. The number of aromatic nitrogens is 14. The van der Waals surface area contributed by atoms with E-state index in [4.69, 9.17) is 40.4 Å². The lowest BCUT2D eigenvalue weighted by Gasteiger charge is -2.08. The zero-order valence-corrected chi connectivity index (χ0v) is 32.0. The molecule has 8 heterocycles. The average molecular weight is 922 g/mol. The first-order valence-electron chi connectivity index (χ1n) is 14.1. The maximum Gasteiger partial charge on any atom is 0.254 e. The van der Waals surface area contributed by atoms with Crippen LogP contribution in [-0.2, 0) is 0 Å². The lowest BCUT2D eigenvalue weighted by molar-refractivity contribution is 0.773. The van der Waals surface area contributed by atoms with Crippen molar-refractivity contribution in [1.82, 2.24) is 69.0 Å². The summed E-state index contributed by atoms with van der Waals surface area (Å²) in [5.41, 5.74) is 17.1. The molecule has 0 amide bonds. The Hall–Kier alpha value is -5.09. The van der Waals surface area contributed by atoms with Gasteiger partial charge in [0.1, 0.15) is 31.6 Å². The molecule has 0 atom stereocenters. The van der Waals surface area contributed by atoms with Crippen molar-refractivity contribution in [2.24, 2.45) is 4.99 Å². The van der Waals surface area contributed by atoms with Gasteiger partial charge in [-0.05, 0) is 89.7 Å². The van der Waals surface area contributed by atoms with Gasteiger partial charge < -0.3 is 17.2 Å². The molecule has 1 aliphatic heterocycles. The molecule has 0 aliphatic carbocycles. The molecule has 0 bridgehead atoms. The topological polar surface area (TPSA) is 239 Å². The van der Waals surface area contributed by atoms with Crippen LogP contribution in [0.5, 0.6) is 0 Å². The van der Waals surface area contributed by atoms with Crippen molar-refractivity contribution in [2.75, 3.05) is 23.7 Å². The highest BCUT2D eigenvalue weighted by atomic mass is 79.9. The summed E-state index contributed by atoms with van der Waals surface area (Å²) in [5.74, 6) is 2.83. The first-order valence-corrected chi connectivity index (χ1v) is 17.2. The van der Waals surface area contributed by atoms with E-state index >= 15 is 0 Å². The molecule has 0 radical (unpaired) electrons. The number of halogens is 5. The molecule has 7 aromatic rings. The fraction of sp³-hybridized carbons (Fsp3) is 0.0357. The van der Waals surface area contributed by atoms with E-state index in [1.54, 1.807) is 89.4 Å². The SMILES string of the molecule is C1=CCN=C1.Nc1nc(-n2cccn2)nc(-n2cccn2)c1Br.Nc1nc(-n2cccn2)nc(-n2cccn2)c1Br.Nc1nc(Cl)nc(Cl)c1Br. The zero-order chi connectivity index (χ0) is 36.3. The van der Waals surface area contributed by atoms with Gasteiger partial charge in [-0.3, -0.25) is 4.99 Å². The Balaban J connectivity index is 0.000000143. The molecule has 18 nitrogen and oxygen atoms in total. The summed E-state index contributed by atoms with van der Waals surface area (Å²) in [6, 6.07) is 7.18. The van der Waals surface area contributed by atoms with Gasteiger partial charge in [0, 0.05) is 55.8 Å². The van der Waals surface area contributed by atoms with Crippen LogP contribution in [0.25, 0.3) is 23.5 Å². The second-order valence-electron chi connectivity index (χ2n) is 9.32. The minimum Gasteiger partial charge on any atom is -0.383 e. The Bertz CT molecular complexity index is 2070. The summed E-state index contributed by atoms with van der Waals surface area (Å²) in [5, 5.41) is 16.7. The van der Waals surface area contributed by atoms with E-state index in [-0.39, 0.29) is 16.3 Å². The number of allylic oxidation sites excluding steroid dienone is 1. The molecule has 0 saturated carbocycles. The van der Waals surface area contributed by atoms with Gasteiger partial charge in [0.2, 0.25) is 5.28 Å². The van der Waals surface area contributed by atoms with Crippen molar-refractivity contribution in [3.8, 4) is 23.5 Å². The van der Waals surface area contributed by atoms with Crippen molar-refractivity contribution in [1.29, 1.82) is 0 Å². The summed E-state index contributed by atoms with van der Waals surface area (Å²) >= 11 is 20.8. The summed E-state index contributed by atoms with van der Waals surface area (Å²) in [6.07, 6.45) is 19.4. The van der Waals surface area contributed by atoms with E-state index in [2.05, 4.69) is 103 Å². The van der Waals surface area contributed by atoms with Crippen LogP contribution in [0.4, 0.5) is 17.5 Å². The van der Waals surface area contributed by atoms with Crippen LogP contribution < -0.4 is 17.2 Å². The number of aliphatic imine (C=N–C) groups is 1. The number of hydrogen-bond donors (Lipinski definition) is 3. The first-order chi connectivity index (χ1) is 24.6. The van der Waals surface area contributed by atoms with Gasteiger partial charge in [0.15, 0.2) is 11.6 Å². The van der Waals surface area contributed by atoms with E-state index in [0.717, 1.165) is 6.54 Å². The smallest absolute Gasteiger partial charge is 0.254 e. The van der Waals surface area contributed by atoms with Crippen molar-refractivity contribution < 1.29 is 0 Å². The number of nitrogens with zero attached hydrogens (tertiary/aromatic N) is 15. The fourth-order valence-electron chi connectivity index (χ4n) is 3.66. The molecule has 0 unspecified atom stereocenters. The number of nitrogens with two attached hydrogens (primary N) is 3. The van der Waals surface area contributed by atoms with E-state index < -0.39 is 0 Å². The Labute approximate surface area is 323 Å². The summed E-state index contributed by atoms with van der Waals surface area (Å²) < 4.78 is 7.96. The Kier molecular flexibility index (Phi) is 12.9. The minimum atomic E-state index is 0.0469. The third-order valence-electron chi connectivity index (χ3n) is 5.90. The quantitative estimate of drug-likeness (QED) is 0.153. The molecule has 6 N–H and O–H groups in total. The highest BCUT2D eigenvalue weighted by Gasteiger charge is 2.14. The highest BCUT2D eigenvalue weighted by Crippen LogP contribution is 2.27. The largest absolute Gasteiger partial charge is 0.383 e. The van der Waals surface area contributed by atoms with Crippen LogP contribution in [0.15, 0.2) is 104 Å². The second kappa shape index (κ2) is 17.7. The third kappa shape index (κ3) is 9.79. The molecule has 1 aliphatic rings. The van der Waals surface area contributed by atoms with E-state index in [0.29, 0.717) is 48.6 Å². The fourth-order valence-corrected chi connectivity index (χ4v) is 4.96. The normalized spacial score (nSPS) is 11.2. The average Bonchev–Trinajstić information content (AvgIpc) is 3.97. The van der Waals surface area contributed by atoms with Gasteiger partial charge >= 0.3 is 0 Å². The van der Waals surface area contributed by atoms with Crippen molar-refractivity contribution in [3.63, 3.8) is 0 Å². The molecule has 8 rings (SSSR count). The number of nitrogen functional groups attached to an aromatic ring is 3. The maximum absolute atomic E-state index is 5.85. The van der Waals surface area contributed by atoms with Crippen molar-refractivity contribution in [3.05, 3.63) is 110 Å². The second-order valence-corrected chi connectivity index (χ2v) is 12.4. The van der Waals surface area contributed by atoms with Gasteiger partial charge in [-0.2, -0.15) is 45.3 Å². The van der Waals surface area contributed by atoms with Gasteiger partial charge in [-0.1, -0.05) is 17.7 Å². The first kappa shape index (κ1) is 37.2. The van der Waals surface area contributed by atoms with Crippen LogP contribution in [-0.4, -0.2) is 81.8 Å². The summed E-state index contributed by atoms with van der Waals surface area (Å²) in [6.45, 7) is 0.889. The van der Waals surface area contributed by atoms with Crippen LogP contribution in [0, 0.1) is 0 Å². The minimum absolute atomic E-state index is 0.0469. The molecule has 7 aromatic heterocycles. The van der Waals surface area contributed by atoms with E-state index in [1.165, 1.54) is 9.36 Å². The molecule has 51 heavy (non-hydrogen) atoms. The van der Waals surface area contributed by atoms with E-state index in [1.807, 2.05) is 12.2 Å². The Morgan fingerprint density at radius 3 is 1.31 bits per heavy atom. The molecule has 23 heteroatoms. The highest BCUT2D eigenvalue weighted by molar-refractivity contribution is 9.11. The van der Waals surface area contributed by atoms with Gasteiger partial charge in [0.05, 0.1) is 11.0 Å². The number of hydrogen-bond acceptors (Lipinski definition) is 14. The molecule has 0 saturated heterocycles. The molecular formula is C28H23Br3Cl2N18. The van der Waals surface area contributed by atoms with Crippen molar-refractivity contribution >= 4 is 94.7 Å². The monoisotopic (exact) mass is 918 g/mol. The lowest BCUT2D eigenvalue weighted by atomic mass is 10.5. The van der Waals surface area contributed by atoms with Crippen LogP contribution in [0.2, 0.25) is 10.4 Å². The number of anilines is 3. The Morgan fingerprint density at radius 2 is 0.980 bits per heavy atom. The molecular weight excluding hydrogens is 899 g/mol. The maximum atomic E-state index is 5.85. The molecule has 0 aromatic carbocycles. The third-order valence-corrected chi connectivity index (χ3v) is 8.88.